The standard InChI is InChI=1S/C17H13F4N5O3S/c18-11-6-22-12(8-4-24-16(25-5-8)17(19,20)21)1-7(11)3-23-14(27)13-9-2-10(9)15(26-13)30(28)29/h1,4-6,9-10,13,26H,2-3H2,(H,23,27). The van der Waals surface area contributed by atoms with Crippen LogP contribution in [-0.2, 0) is 27.8 Å². The monoisotopic (exact) mass is 443 g/mol. The molecule has 13 heteroatoms. The molecule has 0 bridgehead atoms. The molecule has 1 saturated carbocycles. The van der Waals surface area contributed by atoms with Crippen molar-refractivity contribution in [3.05, 3.63) is 41.9 Å². The summed E-state index contributed by atoms with van der Waals surface area (Å²) < 4.78 is 74.0. The first-order valence-corrected chi connectivity index (χ1v) is 9.77. The second-order valence-corrected chi connectivity index (χ2v) is 7.81. The van der Waals surface area contributed by atoms with Gasteiger partial charge in [-0.05, 0) is 18.4 Å². The van der Waals surface area contributed by atoms with Crippen molar-refractivity contribution in [1.29, 1.82) is 0 Å². The highest BCUT2D eigenvalue weighted by Gasteiger charge is 2.55. The molecule has 1 aliphatic heterocycles. The fourth-order valence-electron chi connectivity index (χ4n) is 3.36. The van der Waals surface area contributed by atoms with Crippen molar-refractivity contribution in [2.75, 3.05) is 0 Å². The van der Waals surface area contributed by atoms with Gasteiger partial charge in [-0.2, -0.15) is 21.6 Å². The SMILES string of the molecule is O=C(NCc1cc(-c2cnc(C(F)(F)F)nc2)ncc1F)C1NC(=S(=O)=O)C2CC21. The lowest BCUT2D eigenvalue weighted by Crippen LogP contribution is -2.44. The van der Waals surface area contributed by atoms with Gasteiger partial charge in [0.25, 0.3) is 0 Å². The van der Waals surface area contributed by atoms with E-state index in [1.54, 1.807) is 0 Å². The Kier molecular flexibility index (Phi) is 5.02. The molecule has 1 saturated heterocycles. The zero-order valence-corrected chi connectivity index (χ0v) is 15.8. The molecule has 1 aliphatic carbocycles. The van der Waals surface area contributed by atoms with Crippen LogP contribution in [0.15, 0.2) is 24.7 Å². The molecule has 3 unspecified atom stereocenters. The zero-order valence-electron chi connectivity index (χ0n) is 14.9. The first kappa shape index (κ1) is 20.3. The van der Waals surface area contributed by atoms with Gasteiger partial charge < -0.3 is 5.32 Å². The van der Waals surface area contributed by atoms with Gasteiger partial charge in [0, 0.05) is 36.0 Å². The minimum absolute atomic E-state index is 0.0511. The fraction of sp³-hybridized carbons (Fsp3) is 0.353. The van der Waals surface area contributed by atoms with Crippen molar-refractivity contribution >= 4 is 21.2 Å². The van der Waals surface area contributed by atoms with Gasteiger partial charge in [-0.25, -0.2) is 14.4 Å². The Morgan fingerprint density at radius 2 is 1.90 bits per heavy atom. The molecule has 0 radical (unpaired) electrons. The first-order chi connectivity index (χ1) is 14.1. The number of pyridine rings is 1. The van der Waals surface area contributed by atoms with Gasteiger partial charge in [-0.1, -0.05) is 0 Å². The van der Waals surface area contributed by atoms with E-state index in [-0.39, 0.29) is 40.2 Å². The number of nitrogens with one attached hydrogen (secondary N) is 2. The van der Waals surface area contributed by atoms with Crippen molar-refractivity contribution < 1.29 is 30.8 Å². The number of amides is 1. The van der Waals surface area contributed by atoms with E-state index in [1.165, 1.54) is 6.07 Å². The molecule has 0 aromatic carbocycles. The van der Waals surface area contributed by atoms with Crippen LogP contribution >= 0.6 is 0 Å². The lowest BCUT2D eigenvalue weighted by molar-refractivity contribution is -0.145. The molecule has 2 fully saturated rings. The third-order valence-electron chi connectivity index (χ3n) is 4.95. The Morgan fingerprint density at radius 1 is 1.20 bits per heavy atom. The highest BCUT2D eigenvalue weighted by Crippen LogP contribution is 2.46. The van der Waals surface area contributed by atoms with E-state index in [2.05, 4.69) is 25.6 Å². The van der Waals surface area contributed by atoms with Crippen LogP contribution < -0.4 is 10.6 Å². The molecule has 3 atom stereocenters. The number of carbonyl (C=O) groups excluding carboxylic acids is 1. The van der Waals surface area contributed by atoms with Crippen molar-refractivity contribution in [3.8, 4) is 11.3 Å². The molecule has 2 aromatic heterocycles. The maximum Gasteiger partial charge on any atom is 0.451 e. The molecule has 158 valence electrons. The lowest BCUT2D eigenvalue weighted by Gasteiger charge is -2.14. The summed E-state index contributed by atoms with van der Waals surface area (Å²) >= 11 is 0. The average molecular weight is 443 g/mol. The molecule has 1 amide bonds. The van der Waals surface area contributed by atoms with E-state index >= 15 is 0 Å². The maximum atomic E-state index is 14.1. The van der Waals surface area contributed by atoms with Crippen LogP contribution in [0.1, 0.15) is 17.8 Å². The van der Waals surface area contributed by atoms with E-state index in [0.29, 0.717) is 6.42 Å². The summed E-state index contributed by atoms with van der Waals surface area (Å²) in [5.41, 5.74) is 0.328. The largest absolute Gasteiger partial charge is 0.451 e. The van der Waals surface area contributed by atoms with Gasteiger partial charge in [-0.15, -0.1) is 0 Å². The normalized spacial score (nSPS) is 22.5. The number of hydrogen-bond acceptors (Lipinski definition) is 6. The third-order valence-corrected chi connectivity index (χ3v) is 5.73. The third kappa shape index (κ3) is 3.89. The average Bonchev–Trinajstić information content (AvgIpc) is 3.38. The lowest BCUT2D eigenvalue weighted by atomic mass is 10.1. The summed E-state index contributed by atoms with van der Waals surface area (Å²) in [7, 11) is -2.42. The second kappa shape index (κ2) is 7.40. The molecule has 3 heterocycles. The Morgan fingerprint density at radius 3 is 2.50 bits per heavy atom. The number of alkyl halides is 3. The van der Waals surface area contributed by atoms with Gasteiger partial charge in [0.1, 0.15) is 10.8 Å². The number of carbonyl (C=O) groups is 1. The summed E-state index contributed by atoms with van der Waals surface area (Å²) in [5, 5.41) is 5.22. The predicted octanol–water partition coefficient (Wildman–Crippen LogP) is 0.930. The van der Waals surface area contributed by atoms with Crippen LogP contribution in [-0.4, -0.2) is 40.3 Å². The van der Waals surface area contributed by atoms with Crippen LogP contribution in [0.25, 0.3) is 11.3 Å². The minimum atomic E-state index is -4.69. The summed E-state index contributed by atoms with van der Waals surface area (Å²) in [6.07, 6.45) is -1.36. The minimum Gasteiger partial charge on any atom is -0.351 e. The Labute approximate surface area is 168 Å². The van der Waals surface area contributed by atoms with Gasteiger partial charge in [0.15, 0.2) is 0 Å². The van der Waals surface area contributed by atoms with E-state index in [1.807, 2.05) is 0 Å². The Balaban J connectivity index is 1.47. The first-order valence-electron chi connectivity index (χ1n) is 8.69. The smallest absolute Gasteiger partial charge is 0.351 e. The van der Waals surface area contributed by atoms with Crippen LogP contribution in [0.3, 0.4) is 0 Å². The molecule has 0 spiro atoms. The fourth-order valence-corrected chi connectivity index (χ4v) is 4.10. The molecular weight excluding hydrogens is 430 g/mol. The van der Waals surface area contributed by atoms with Crippen molar-refractivity contribution in [1.82, 2.24) is 25.6 Å². The predicted molar refractivity (Wildman–Crippen MR) is 94.5 cm³/mol. The zero-order chi connectivity index (χ0) is 21.6. The van der Waals surface area contributed by atoms with Crippen molar-refractivity contribution in [3.63, 3.8) is 0 Å². The highest BCUT2D eigenvalue weighted by molar-refractivity contribution is 7.73. The topological polar surface area (TPSA) is 114 Å². The summed E-state index contributed by atoms with van der Waals surface area (Å²) in [6, 6.07) is 0.559. The molecule has 2 aromatic rings. The number of hydrogen-bond donors (Lipinski definition) is 2. The van der Waals surface area contributed by atoms with Gasteiger partial charge in [0.2, 0.25) is 22.0 Å². The van der Waals surface area contributed by atoms with E-state index in [0.717, 1.165) is 18.6 Å². The van der Waals surface area contributed by atoms with Crippen LogP contribution in [0, 0.1) is 17.7 Å². The Bertz CT molecular complexity index is 1140. The summed E-state index contributed by atoms with van der Waals surface area (Å²) in [6.45, 7) is -0.215. The molecule has 8 nitrogen and oxygen atoms in total. The van der Waals surface area contributed by atoms with Gasteiger partial charge in [0.05, 0.1) is 17.9 Å². The molecule has 4 rings (SSSR count). The van der Waals surface area contributed by atoms with E-state index in [9.17, 15) is 30.8 Å². The van der Waals surface area contributed by atoms with Crippen molar-refractivity contribution in [2.24, 2.45) is 11.8 Å². The second-order valence-electron chi connectivity index (χ2n) is 6.90. The van der Waals surface area contributed by atoms with Crippen LogP contribution in [0.4, 0.5) is 17.6 Å². The number of nitrogens with zero attached hydrogens (tertiary/aromatic N) is 3. The molecule has 2 aliphatic rings. The van der Waals surface area contributed by atoms with Crippen LogP contribution in [0.5, 0.6) is 0 Å². The number of halogens is 4. The maximum absolute atomic E-state index is 14.1. The molecular formula is C17H13F4N5O3S. The number of rotatable bonds is 4. The quantitative estimate of drug-likeness (QED) is 0.534. The van der Waals surface area contributed by atoms with Crippen LogP contribution in [0.2, 0.25) is 0 Å². The van der Waals surface area contributed by atoms with Gasteiger partial charge in [-0.3, -0.25) is 15.1 Å². The Hall–Kier alpha value is -2.93. The number of fused-ring (bicyclic) bond motifs is 1. The van der Waals surface area contributed by atoms with Gasteiger partial charge >= 0.3 is 6.18 Å². The summed E-state index contributed by atoms with van der Waals surface area (Å²) in [4.78, 5) is 22.8. The summed E-state index contributed by atoms with van der Waals surface area (Å²) in [5.74, 6) is -2.79. The molecule has 2 N–H and O–H groups in total. The van der Waals surface area contributed by atoms with E-state index < -0.39 is 40.1 Å². The number of aromatic nitrogens is 3. The highest BCUT2D eigenvalue weighted by atomic mass is 32.2. The van der Waals surface area contributed by atoms with Crippen molar-refractivity contribution in [2.45, 2.75) is 25.2 Å². The number of piperidine rings is 1. The van der Waals surface area contributed by atoms with E-state index in [4.69, 9.17) is 0 Å². The molecule has 30 heavy (non-hydrogen) atoms.